The summed E-state index contributed by atoms with van der Waals surface area (Å²) in [5, 5.41) is 0.00225. The molecule has 1 spiro atoms. The molecule has 3 heterocycles. The van der Waals surface area contributed by atoms with Gasteiger partial charge >= 0.3 is 6.18 Å². The molecule has 1 aliphatic carbocycles. The molecular formula is C25H21Cl2F3N4O. The van der Waals surface area contributed by atoms with Crippen LogP contribution in [0.5, 0.6) is 0 Å². The Labute approximate surface area is 210 Å². The second-order valence-corrected chi connectivity index (χ2v) is 10.1. The molecule has 2 fully saturated rings. The van der Waals surface area contributed by atoms with Gasteiger partial charge in [-0.05, 0) is 67.9 Å². The molecule has 5 rings (SSSR count). The van der Waals surface area contributed by atoms with E-state index in [1.165, 1.54) is 0 Å². The number of hydrogen-bond acceptors (Lipinski definition) is 4. The quantitative estimate of drug-likeness (QED) is 0.385. The number of likely N-dealkylation sites (tertiary alicyclic amines) is 1. The number of halogens is 5. The molecule has 1 saturated carbocycles. The van der Waals surface area contributed by atoms with E-state index >= 15 is 0 Å². The van der Waals surface area contributed by atoms with E-state index in [9.17, 15) is 18.0 Å². The van der Waals surface area contributed by atoms with Crippen molar-refractivity contribution < 1.29 is 18.0 Å². The van der Waals surface area contributed by atoms with Gasteiger partial charge in [-0.1, -0.05) is 23.2 Å². The number of aromatic nitrogens is 3. The Morgan fingerprint density at radius 2 is 1.86 bits per heavy atom. The van der Waals surface area contributed by atoms with Gasteiger partial charge in [-0.25, -0.2) is 9.97 Å². The minimum Gasteiger partial charge on any atom is -0.335 e. The van der Waals surface area contributed by atoms with Crippen molar-refractivity contribution in [1.29, 1.82) is 0 Å². The minimum atomic E-state index is -4.55. The molecule has 0 radical (unpaired) electrons. The van der Waals surface area contributed by atoms with Crippen molar-refractivity contribution in [3.63, 3.8) is 0 Å². The Bertz CT molecular complexity index is 1270. The molecular weight excluding hydrogens is 500 g/mol. The zero-order valence-electron chi connectivity index (χ0n) is 18.5. The predicted molar refractivity (Wildman–Crippen MR) is 126 cm³/mol. The molecule has 35 heavy (non-hydrogen) atoms. The van der Waals surface area contributed by atoms with E-state index in [0.717, 1.165) is 31.5 Å². The van der Waals surface area contributed by atoms with Gasteiger partial charge in [0.15, 0.2) is 5.82 Å². The standard InChI is InChI=1S/C25H21Cl2F3N4O/c26-15-2-5-18(22-31-8-1-9-32-22)19(10-15)23(35)34-14-24(6-7-24)12-17(34)4-3-16-11-20(25(28,29)30)21(27)13-33-16/h1-2,5,8-11,13,17H,3-4,6-7,12,14H2/t17-/m1/s1. The number of nitrogens with zero attached hydrogens (tertiary/aromatic N) is 4. The van der Waals surface area contributed by atoms with Crippen LogP contribution in [0.3, 0.4) is 0 Å². The van der Waals surface area contributed by atoms with E-state index in [4.69, 9.17) is 23.2 Å². The van der Waals surface area contributed by atoms with Gasteiger partial charge in [0.05, 0.1) is 16.1 Å². The van der Waals surface area contributed by atoms with E-state index in [-0.39, 0.29) is 17.4 Å². The fraction of sp³-hybridized carbons (Fsp3) is 0.360. The zero-order valence-corrected chi connectivity index (χ0v) is 20.0. The van der Waals surface area contributed by atoms with Crippen molar-refractivity contribution in [1.82, 2.24) is 19.9 Å². The third-order valence-electron chi connectivity index (χ3n) is 6.80. The number of aryl methyl sites for hydroxylation is 1. The summed E-state index contributed by atoms with van der Waals surface area (Å²) in [7, 11) is 0. The number of pyridine rings is 1. The smallest absolute Gasteiger partial charge is 0.335 e. The average Bonchev–Trinajstić information content (AvgIpc) is 3.49. The number of carbonyl (C=O) groups is 1. The molecule has 2 aliphatic rings. The van der Waals surface area contributed by atoms with Gasteiger partial charge in [0.25, 0.3) is 5.91 Å². The SMILES string of the molecule is O=C(c1cc(Cl)ccc1-c1ncccn1)N1CC2(CC2)C[C@H]1CCc1cc(C(F)(F)F)c(Cl)cn1. The van der Waals surface area contributed by atoms with Gasteiger partial charge in [-0.15, -0.1) is 0 Å². The van der Waals surface area contributed by atoms with E-state index in [0.29, 0.717) is 47.1 Å². The number of rotatable bonds is 5. The van der Waals surface area contributed by atoms with E-state index in [1.54, 1.807) is 36.7 Å². The molecule has 0 bridgehead atoms. The maximum absolute atomic E-state index is 13.8. The summed E-state index contributed by atoms with van der Waals surface area (Å²) in [6.07, 6.45) is 3.39. The minimum absolute atomic E-state index is 0.0901. The first-order chi connectivity index (χ1) is 16.7. The lowest BCUT2D eigenvalue weighted by atomic mass is 9.99. The first-order valence-corrected chi connectivity index (χ1v) is 12.0. The van der Waals surface area contributed by atoms with Crippen molar-refractivity contribution in [2.75, 3.05) is 6.54 Å². The lowest BCUT2D eigenvalue weighted by molar-refractivity contribution is -0.137. The Morgan fingerprint density at radius 3 is 2.54 bits per heavy atom. The number of amides is 1. The number of carbonyl (C=O) groups excluding carboxylic acids is 1. The van der Waals surface area contributed by atoms with Gasteiger partial charge in [0.2, 0.25) is 0 Å². The third-order valence-corrected chi connectivity index (χ3v) is 7.34. The monoisotopic (exact) mass is 520 g/mol. The van der Waals surface area contributed by atoms with Crippen molar-refractivity contribution in [3.8, 4) is 11.4 Å². The van der Waals surface area contributed by atoms with Crippen molar-refractivity contribution in [2.45, 2.75) is 44.3 Å². The van der Waals surface area contributed by atoms with Gasteiger partial charge in [-0.2, -0.15) is 13.2 Å². The van der Waals surface area contributed by atoms with Gasteiger partial charge in [-0.3, -0.25) is 9.78 Å². The fourth-order valence-corrected chi connectivity index (χ4v) is 5.21. The third kappa shape index (κ3) is 5.00. The lowest BCUT2D eigenvalue weighted by Gasteiger charge is -2.26. The van der Waals surface area contributed by atoms with Crippen LogP contribution in [0.1, 0.15) is 47.3 Å². The largest absolute Gasteiger partial charge is 0.417 e. The first-order valence-electron chi connectivity index (χ1n) is 11.2. The van der Waals surface area contributed by atoms with Crippen molar-refractivity contribution in [2.24, 2.45) is 5.41 Å². The molecule has 0 unspecified atom stereocenters. The van der Waals surface area contributed by atoms with E-state index in [2.05, 4.69) is 15.0 Å². The molecule has 0 N–H and O–H groups in total. The Kier molecular flexibility index (Phi) is 6.21. The maximum Gasteiger partial charge on any atom is 0.417 e. The van der Waals surface area contributed by atoms with Crippen molar-refractivity contribution in [3.05, 3.63) is 75.8 Å². The van der Waals surface area contributed by atoms with E-state index in [1.807, 2.05) is 4.90 Å². The molecule has 10 heteroatoms. The molecule has 3 aromatic rings. The van der Waals surface area contributed by atoms with Crippen LogP contribution in [-0.4, -0.2) is 38.3 Å². The molecule has 1 amide bonds. The summed E-state index contributed by atoms with van der Waals surface area (Å²) in [5.74, 6) is 0.248. The molecule has 182 valence electrons. The van der Waals surface area contributed by atoms with Gasteiger partial charge in [0.1, 0.15) is 0 Å². The van der Waals surface area contributed by atoms with Crippen LogP contribution in [0.2, 0.25) is 10.0 Å². The molecule has 1 atom stereocenters. The molecule has 1 aliphatic heterocycles. The van der Waals surface area contributed by atoms with E-state index < -0.39 is 16.8 Å². The van der Waals surface area contributed by atoms with Crippen LogP contribution in [-0.2, 0) is 12.6 Å². The fourth-order valence-electron chi connectivity index (χ4n) is 4.83. The Hall–Kier alpha value is -2.71. The van der Waals surface area contributed by atoms with Crippen LogP contribution in [0.25, 0.3) is 11.4 Å². The normalized spacial score (nSPS) is 18.8. The van der Waals surface area contributed by atoms with Crippen LogP contribution in [0, 0.1) is 5.41 Å². The highest BCUT2D eigenvalue weighted by atomic mass is 35.5. The topological polar surface area (TPSA) is 59.0 Å². The van der Waals surface area contributed by atoms with Crippen LogP contribution in [0.4, 0.5) is 13.2 Å². The van der Waals surface area contributed by atoms with Crippen LogP contribution in [0.15, 0.2) is 48.9 Å². The van der Waals surface area contributed by atoms with Gasteiger partial charge in [0, 0.05) is 47.5 Å². The highest BCUT2D eigenvalue weighted by Gasteiger charge is 2.53. The zero-order chi connectivity index (χ0) is 24.8. The molecule has 5 nitrogen and oxygen atoms in total. The highest BCUT2D eigenvalue weighted by molar-refractivity contribution is 6.31. The van der Waals surface area contributed by atoms with Gasteiger partial charge < -0.3 is 4.90 Å². The summed E-state index contributed by atoms with van der Waals surface area (Å²) in [5.41, 5.74) is 0.494. The summed E-state index contributed by atoms with van der Waals surface area (Å²) < 4.78 is 39.8. The second-order valence-electron chi connectivity index (χ2n) is 9.25. The number of alkyl halides is 3. The average molecular weight is 521 g/mol. The predicted octanol–water partition coefficient (Wildman–Crippen LogP) is 6.49. The lowest BCUT2D eigenvalue weighted by Crippen LogP contribution is -2.36. The highest BCUT2D eigenvalue weighted by Crippen LogP contribution is 2.55. The summed E-state index contributed by atoms with van der Waals surface area (Å²) in [6, 6.07) is 7.63. The van der Waals surface area contributed by atoms with Crippen LogP contribution < -0.4 is 0 Å². The van der Waals surface area contributed by atoms with Crippen molar-refractivity contribution >= 4 is 29.1 Å². The Morgan fingerprint density at radius 1 is 1.11 bits per heavy atom. The summed E-state index contributed by atoms with van der Waals surface area (Å²) >= 11 is 12.0. The summed E-state index contributed by atoms with van der Waals surface area (Å²) in [4.78, 5) is 28.3. The maximum atomic E-state index is 13.8. The number of benzene rings is 1. The Balaban J connectivity index is 1.41. The molecule has 1 saturated heterocycles. The second kappa shape index (κ2) is 9.06. The summed E-state index contributed by atoms with van der Waals surface area (Å²) in [6.45, 7) is 0.611. The van der Waals surface area contributed by atoms with Crippen LogP contribution >= 0.6 is 23.2 Å². The number of hydrogen-bond donors (Lipinski definition) is 0. The first kappa shape index (κ1) is 24.0. The molecule has 2 aromatic heterocycles. The molecule has 1 aromatic carbocycles.